The minimum atomic E-state index is -0.0114. The lowest BCUT2D eigenvalue weighted by atomic mass is 9.89. The summed E-state index contributed by atoms with van der Waals surface area (Å²) in [6, 6.07) is 0. The summed E-state index contributed by atoms with van der Waals surface area (Å²) in [5, 5.41) is 0. The van der Waals surface area contributed by atoms with Crippen LogP contribution in [0.1, 0.15) is 80.1 Å². The van der Waals surface area contributed by atoms with Crippen molar-refractivity contribution in [3.63, 3.8) is 0 Å². The first kappa shape index (κ1) is 17.5. The van der Waals surface area contributed by atoms with Crippen LogP contribution in [-0.4, -0.2) is 23.4 Å². The zero-order valence-electron chi connectivity index (χ0n) is 13.6. The largest absolute Gasteiger partial charge is 0.341 e. The molecule has 18 heavy (non-hydrogen) atoms. The van der Waals surface area contributed by atoms with Crippen LogP contribution in [0, 0.1) is 5.41 Å². The number of rotatable bonds is 7. The predicted molar refractivity (Wildman–Crippen MR) is 79.7 cm³/mol. The number of carbonyl (C=O) groups excluding carboxylic acids is 1. The molecule has 0 radical (unpaired) electrons. The summed E-state index contributed by atoms with van der Waals surface area (Å²) in [6.45, 7) is 13.2. The summed E-state index contributed by atoms with van der Waals surface area (Å²) in [4.78, 5) is 13.9. The second-order valence-electron chi connectivity index (χ2n) is 7.24. The molecule has 0 heterocycles. The maximum absolute atomic E-state index is 12.0. The van der Waals surface area contributed by atoms with E-state index in [0.717, 1.165) is 12.8 Å². The molecule has 0 bridgehead atoms. The third-order valence-electron chi connectivity index (χ3n) is 3.96. The molecule has 0 saturated heterocycles. The zero-order valence-corrected chi connectivity index (χ0v) is 13.6. The number of nitrogens with zero attached hydrogens (tertiary/aromatic N) is 1. The third kappa shape index (κ3) is 7.03. The number of amides is 1. The van der Waals surface area contributed by atoms with E-state index >= 15 is 0 Å². The molecule has 0 atom stereocenters. The normalized spacial score (nSPS) is 12.6. The maximum Gasteiger partial charge on any atom is 0.222 e. The molecular weight excluding hydrogens is 222 g/mol. The first-order valence-electron chi connectivity index (χ1n) is 7.37. The van der Waals surface area contributed by atoms with Gasteiger partial charge in [0, 0.05) is 19.0 Å². The highest BCUT2D eigenvalue weighted by Gasteiger charge is 2.24. The van der Waals surface area contributed by atoms with Crippen LogP contribution in [0.2, 0.25) is 0 Å². The fraction of sp³-hybridized carbons (Fsp3) is 0.938. The molecule has 0 spiro atoms. The molecule has 2 heteroatoms. The van der Waals surface area contributed by atoms with E-state index < -0.39 is 0 Å². The van der Waals surface area contributed by atoms with E-state index in [1.54, 1.807) is 0 Å². The molecule has 2 nitrogen and oxygen atoms in total. The average molecular weight is 255 g/mol. The molecule has 0 aliphatic heterocycles. The quantitative estimate of drug-likeness (QED) is 0.607. The predicted octanol–water partition coefficient (Wildman–Crippen LogP) is 4.63. The van der Waals surface area contributed by atoms with Gasteiger partial charge in [-0.25, -0.2) is 0 Å². The fourth-order valence-electron chi connectivity index (χ4n) is 1.85. The Morgan fingerprint density at radius 1 is 1.00 bits per heavy atom. The lowest BCUT2D eigenvalue weighted by molar-refractivity contribution is -0.134. The van der Waals surface area contributed by atoms with Gasteiger partial charge in [-0.05, 0) is 38.5 Å². The maximum atomic E-state index is 12.0. The number of carbonyl (C=O) groups is 1. The summed E-state index contributed by atoms with van der Waals surface area (Å²) in [5.41, 5.74) is 0.410. The van der Waals surface area contributed by atoms with Gasteiger partial charge in [0.1, 0.15) is 0 Å². The minimum absolute atomic E-state index is 0.0114. The first-order chi connectivity index (χ1) is 8.10. The van der Waals surface area contributed by atoms with Crippen molar-refractivity contribution in [2.75, 3.05) is 7.05 Å². The Morgan fingerprint density at radius 3 is 2.00 bits per heavy atom. The zero-order chi connectivity index (χ0) is 14.4. The summed E-state index contributed by atoms with van der Waals surface area (Å²) < 4.78 is 0. The summed E-state index contributed by atoms with van der Waals surface area (Å²) in [7, 11) is 1.93. The van der Waals surface area contributed by atoms with Crippen LogP contribution in [-0.2, 0) is 4.79 Å². The summed E-state index contributed by atoms with van der Waals surface area (Å²) in [6.07, 6.45) is 6.38. The van der Waals surface area contributed by atoms with Crippen molar-refractivity contribution >= 4 is 5.91 Å². The molecule has 108 valence electrons. The van der Waals surface area contributed by atoms with Gasteiger partial charge in [0.25, 0.3) is 0 Å². The molecule has 0 aliphatic carbocycles. The first-order valence-corrected chi connectivity index (χ1v) is 7.37. The smallest absolute Gasteiger partial charge is 0.222 e. The molecule has 0 fully saturated rings. The van der Waals surface area contributed by atoms with Gasteiger partial charge in [0.05, 0.1) is 0 Å². The number of unbranched alkanes of at least 4 members (excludes halogenated alkanes) is 2. The Hall–Kier alpha value is -0.530. The Kier molecular flexibility index (Phi) is 6.94. The van der Waals surface area contributed by atoms with Gasteiger partial charge >= 0.3 is 0 Å². The highest BCUT2D eigenvalue weighted by atomic mass is 16.2. The van der Waals surface area contributed by atoms with Gasteiger partial charge in [-0.2, -0.15) is 0 Å². The standard InChI is InChI=1S/C16H33NO/c1-8-16(5,6)17(7)14(18)12-10-9-11-13-15(2,3)4/h8-13H2,1-7H3. The Balaban J connectivity index is 3.85. The lowest BCUT2D eigenvalue weighted by Gasteiger charge is -2.35. The Morgan fingerprint density at radius 2 is 1.56 bits per heavy atom. The van der Waals surface area contributed by atoms with Crippen molar-refractivity contribution in [2.45, 2.75) is 85.6 Å². The van der Waals surface area contributed by atoms with Crippen LogP contribution in [0.25, 0.3) is 0 Å². The fourth-order valence-corrected chi connectivity index (χ4v) is 1.85. The lowest BCUT2D eigenvalue weighted by Crippen LogP contribution is -2.44. The SMILES string of the molecule is CCC(C)(C)N(C)C(=O)CCCCCC(C)(C)C. The molecule has 0 saturated carbocycles. The second kappa shape index (κ2) is 7.16. The van der Waals surface area contributed by atoms with Crippen molar-refractivity contribution in [2.24, 2.45) is 5.41 Å². The third-order valence-corrected chi connectivity index (χ3v) is 3.96. The van der Waals surface area contributed by atoms with E-state index in [0.29, 0.717) is 11.8 Å². The van der Waals surface area contributed by atoms with Gasteiger partial charge in [0.15, 0.2) is 0 Å². The van der Waals surface area contributed by atoms with E-state index in [1.807, 2.05) is 11.9 Å². The van der Waals surface area contributed by atoms with Gasteiger partial charge in [-0.15, -0.1) is 0 Å². The molecule has 1 amide bonds. The summed E-state index contributed by atoms with van der Waals surface area (Å²) in [5.74, 6) is 0.289. The van der Waals surface area contributed by atoms with Gasteiger partial charge < -0.3 is 4.90 Å². The molecule has 0 aromatic rings. The van der Waals surface area contributed by atoms with E-state index in [-0.39, 0.29) is 11.4 Å². The Labute approximate surface area is 114 Å². The van der Waals surface area contributed by atoms with Gasteiger partial charge in [-0.3, -0.25) is 4.79 Å². The highest BCUT2D eigenvalue weighted by molar-refractivity contribution is 5.76. The van der Waals surface area contributed by atoms with Crippen molar-refractivity contribution in [1.29, 1.82) is 0 Å². The van der Waals surface area contributed by atoms with E-state index in [1.165, 1.54) is 19.3 Å². The van der Waals surface area contributed by atoms with E-state index in [4.69, 9.17) is 0 Å². The van der Waals surface area contributed by atoms with Crippen LogP contribution in [0.15, 0.2) is 0 Å². The van der Waals surface area contributed by atoms with E-state index in [9.17, 15) is 4.79 Å². The van der Waals surface area contributed by atoms with Crippen molar-refractivity contribution in [3.05, 3.63) is 0 Å². The van der Waals surface area contributed by atoms with Crippen molar-refractivity contribution in [1.82, 2.24) is 4.90 Å². The second-order valence-corrected chi connectivity index (χ2v) is 7.24. The van der Waals surface area contributed by atoms with Crippen LogP contribution in [0.4, 0.5) is 0 Å². The topological polar surface area (TPSA) is 20.3 Å². The molecule has 0 aromatic carbocycles. The van der Waals surface area contributed by atoms with E-state index in [2.05, 4.69) is 41.5 Å². The molecule has 0 unspecified atom stereocenters. The molecular formula is C16H33NO. The van der Waals surface area contributed by atoms with Crippen LogP contribution < -0.4 is 0 Å². The molecule has 0 aliphatic rings. The molecule has 0 aromatic heterocycles. The Bertz CT molecular complexity index is 250. The molecule has 0 rings (SSSR count). The van der Waals surface area contributed by atoms with Crippen LogP contribution in [0.5, 0.6) is 0 Å². The monoisotopic (exact) mass is 255 g/mol. The highest BCUT2D eigenvalue weighted by Crippen LogP contribution is 2.23. The minimum Gasteiger partial charge on any atom is -0.341 e. The molecule has 0 N–H and O–H groups in total. The van der Waals surface area contributed by atoms with Crippen molar-refractivity contribution in [3.8, 4) is 0 Å². The van der Waals surface area contributed by atoms with Crippen molar-refractivity contribution < 1.29 is 4.79 Å². The summed E-state index contributed by atoms with van der Waals surface area (Å²) >= 11 is 0. The van der Waals surface area contributed by atoms with Gasteiger partial charge in [0.2, 0.25) is 5.91 Å². The van der Waals surface area contributed by atoms with Crippen LogP contribution in [0.3, 0.4) is 0 Å². The van der Waals surface area contributed by atoms with Gasteiger partial charge in [-0.1, -0.05) is 40.5 Å². The number of hydrogen-bond acceptors (Lipinski definition) is 1. The van der Waals surface area contributed by atoms with Crippen LogP contribution >= 0.6 is 0 Å². The number of hydrogen-bond donors (Lipinski definition) is 0. The average Bonchev–Trinajstić information content (AvgIpc) is 2.25.